The quantitative estimate of drug-likeness (QED) is 0.308. The first-order valence-electron chi connectivity index (χ1n) is 9.83. The van der Waals surface area contributed by atoms with Gasteiger partial charge in [0.2, 0.25) is 0 Å². The van der Waals surface area contributed by atoms with Crippen LogP contribution in [0.3, 0.4) is 0 Å². The van der Waals surface area contributed by atoms with E-state index in [1.165, 1.54) is 6.08 Å². The maximum absolute atomic E-state index is 12.1. The minimum absolute atomic E-state index is 0.0795. The third kappa shape index (κ3) is 4.95. The maximum atomic E-state index is 12.1. The summed E-state index contributed by atoms with van der Waals surface area (Å²) < 4.78 is 12.5. The molecule has 0 aliphatic carbocycles. The Bertz CT molecular complexity index is 1080. The Hall–Kier alpha value is -3.85. The number of benzene rings is 2. The van der Waals surface area contributed by atoms with Gasteiger partial charge in [0.1, 0.15) is 23.1 Å². The summed E-state index contributed by atoms with van der Waals surface area (Å²) in [4.78, 5) is 12.1. The summed E-state index contributed by atoms with van der Waals surface area (Å²) >= 11 is 0. The van der Waals surface area contributed by atoms with Crippen molar-refractivity contribution in [1.29, 1.82) is 5.26 Å². The number of rotatable bonds is 8. The van der Waals surface area contributed by atoms with Gasteiger partial charge in [-0.2, -0.15) is 10.4 Å². The average molecular weight is 401 g/mol. The van der Waals surface area contributed by atoms with Crippen molar-refractivity contribution in [3.05, 3.63) is 71.9 Å². The Morgan fingerprint density at radius 1 is 1.17 bits per heavy atom. The van der Waals surface area contributed by atoms with Gasteiger partial charge < -0.3 is 9.47 Å². The minimum Gasteiger partial charge on any atom is -0.494 e. The fourth-order valence-electron chi connectivity index (χ4n) is 2.88. The summed E-state index contributed by atoms with van der Waals surface area (Å²) in [6.07, 6.45) is 4.21. The normalized spacial score (nSPS) is 11.0. The molecule has 6 nitrogen and oxygen atoms in total. The molecule has 0 amide bonds. The third-order valence-corrected chi connectivity index (χ3v) is 4.26. The first-order chi connectivity index (χ1) is 14.7. The molecule has 0 N–H and O–H groups in total. The molecule has 0 radical (unpaired) electrons. The summed E-state index contributed by atoms with van der Waals surface area (Å²) in [6.45, 7) is 4.57. The largest absolute Gasteiger partial charge is 0.494 e. The van der Waals surface area contributed by atoms with Crippen LogP contribution in [0.5, 0.6) is 5.75 Å². The highest BCUT2D eigenvalue weighted by atomic mass is 16.5. The number of hydrogen-bond acceptors (Lipinski definition) is 5. The molecule has 0 unspecified atom stereocenters. The van der Waals surface area contributed by atoms with Crippen LogP contribution >= 0.6 is 0 Å². The van der Waals surface area contributed by atoms with Crippen molar-refractivity contribution in [2.45, 2.75) is 20.3 Å². The summed E-state index contributed by atoms with van der Waals surface area (Å²) in [5, 5.41) is 14.2. The zero-order valence-electron chi connectivity index (χ0n) is 17.0. The number of ether oxygens (including phenoxy) is 2. The Labute approximate surface area is 176 Å². The van der Waals surface area contributed by atoms with Crippen molar-refractivity contribution in [3.8, 4) is 28.8 Å². The van der Waals surface area contributed by atoms with Gasteiger partial charge in [0.25, 0.3) is 0 Å². The van der Waals surface area contributed by atoms with Crippen molar-refractivity contribution in [2.24, 2.45) is 0 Å². The zero-order valence-corrected chi connectivity index (χ0v) is 17.0. The number of nitrogens with zero attached hydrogens (tertiary/aromatic N) is 3. The molecule has 6 heteroatoms. The lowest BCUT2D eigenvalue weighted by Crippen LogP contribution is -2.06. The van der Waals surface area contributed by atoms with Gasteiger partial charge in [0.15, 0.2) is 0 Å². The van der Waals surface area contributed by atoms with Crippen LogP contribution in [-0.2, 0) is 9.53 Å². The highest BCUT2D eigenvalue weighted by Gasteiger charge is 2.16. The molecule has 2 aromatic carbocycles. The van der Waals surface area contributed by atoms with Crippen LogP contribution in [0.2, 0.25) is 0 Å². The minimum atomic E-state index is -0.654. The van der Waals surface area contributed by atoms with Crippen molar-refractivity contribution in [1.82, 2.24) is 9.78 Å². The SMILES string of the molecule is CCCOc1cccc(-c2nn(-c3ccccc3)cc2/C=C(/C#N)C(=O)OCC)c1. The van der Waals surface area contributed by atoms with E-state index in [2.05, 4.69) is 0 Å². The summed E-state index contributed by atoms with van der Waals surface area (Å²) in [6, 6.07) is 19.2. The van der Waals surface area contributed by atoms with Gasteiger partial charge in [-0.15, -0.1) is 0 Å². The molecule has 30 heavy (non-hydrogen) atoms. The van der Waals surface area contributed by atoms with Crippen LogP contribution < -0.4 is 4.74 Å². The molecule has 0 aliphatic rings. The molecular weight excluding hydrogens is 378 g/mol. The van der Waals surface area contributed by atoms with Crippen LogP contribution in [0.25, 0.3) is 23.0 Å². The number of carbonyl (C=O) groups is 1. The highest BCUT2D eigenvalue weighted by molar-refractivity contribution is 5.98. The number of carbonyl (C=O) groups excluding carboxylic acids is 1. The maximum Gasteiger partial charge on any atom is 0.348 e. The lowest BCUT2D eigenvalue weighted by atomic mass is 10.1. The Balaban J connectivity index is 2.10. The van der Waals surface area contributed by atoms with Crippen molar-refractivity contribution in [2.75, 3.05) is 13.2 Å². The summed E-state index contributed by atoms with van der Waals surface area (Å²) in [5.74, 6) is 0.0860. The number of nitriles is 1. The fraction of sp³-hybridized carbons (Fsp3) is 0.208. The second-order valence-corrected chi connectivity index (χ2v) is 6.48. The zero-order chi connectivity index (χ0) is 21.3. The number of para-hydroxylation sites is 1. The van der Waals surface area contributed by atoms with Crippen LogP contribution in [0.1, 0.15) is 25.8 Å². The van der Waals surface area contributed by atoms with E-state index < -0.39 is 5.97 Å². The van der Waals surface area contributed by atoms with E-state index in [-0.39, 0.29) is 12.2 Å². The van der Waals surface area contributed by atoms with E-state index in [0.29, 0.717) is 17.9 Å². The summed E-state index contributed by atoms with van der Waals surface area (Å²) in [7, 11) is 0. The van der Waals surface area contributed by atoms with Crippen LogP contribution in [0.4, 0.5) is 0 Å². The van der Waals surface area contributed by atoms with Gasteiger partial charge in [0, 0.05) is 17.3 Å². The number of aromatic nitrogens is 2. The average Bonchev–Trinajstić information content (AvgIpc) is 3.21. The first kappa shape index (κ1) is 20.9. The van der Waals surface area contributed by atoms with E-state index in [4.69, 9.17) is 14.6 Å². The molecular formula is C24H23N3O3. The van der Waals surface area contributed by atoms with Gasteiger partial charge in [-0.05, 0) is 43.7 Å². The standard InChI is InChI=1S/C24H23N3O3/c1-3-13-30-22-12-8-9-18(15-22)23-20(14-19(16-25)24(28)29-4-2)17-27(26-23)21-10-6-5-7-11-21/h5-12,14-15,17H,3-4,13H2,1-2H3/b19-14-. The molecule has 0 fully saturated rings. The Morgan fingerprint density at radius 3 is 2.67 bits per heavy atom. The van der Waals surface area contributed by atoms with Crippen molar-refractivity contribution < 1.29 is 14.3 Å². The van der Waals surface area contributed by atoms with E-state index in [0.717, 1.165) is 23.4 Å². The van der Waals surface area contributed by atoms with Crippen molar-refractivity contribution >= 4 is 12.0 Å². The second-order valence-electron chi connectivity index (χ2n) is 6.48. The molecule has 0 bridgehead atoms. The van der Waals surface area contributed by atoms with E-state index in [1.54, 1.807) is 17.8 Å². The number of hydrogen-bond donors (Lipinski definition) is 0. The van der Waals surface area contributed by atoms with Gasteiger partial charge in [-0.3, -0.25) is 0 Å². The fourth-order valence-corrected chi connectivity index (χ4v) is 2.88. The van der Waals surface area contributed by atoms with Gasteiger partial charge >= 0.3 is 5.97 Å². The predicted molar refractivity (Wildman–Crippen MR) is 115 cm³/mol. The van der Waals surface area contributed by atoms with E-state index >= 15 is 0 Å². The molecule has 1 aromatic heterocycles. The molecule has 1 heterocycles. The second kappa shape index (κ2) is 10.1. The Kier molecular flexibility index (Phi) is 7.01. The molecule has 0 saturated carbocycles. The smallest absolute Gasteiger partial charge is 0.348 e. The molecule has 3 aromatic rings. The molecule has 0 saturated heterocycles. The number of esters is 1. The van der Waals surface area contributed by atoms with Crippen molar-refractivity contribution in [3.63, 3.8) is 0 Å². The topological polar surface area (TPSA) is 77.1 Å². The predicted octanol–water partition coefficient (Wildman–Crippen LogP) is 4.80. The van der Waals surface area contributed by atoms with Gasteiger partial charge in [0.05, 0.1) is 18.9 Å². The van der Waals surface area contributed by atoms with E-state index in [1.807, 2.05) is 67.6 Å². The molecule has 152 valence electrons. The highest BCUT2D eigenvalue weighted by Crippen LogP contribution is 2.28. The van der Waals surface area contributed by atoms with E-state index in [9.17, 15) is 10.1 Å². The van der Waals surface area contributed by atoms with Gasteiger partial charge in [-0.1, -0.05) is 37.3 Å². The lowest BCUT2D eigenvalue weighted by molar-refractivity contribution is -0.137. The molecule has 0 aliphatic heterocycles. The summed E-state index contributed by atoms with van der Waals surface area (Å²) in [5.41, 5.74) is 2.88. The van der Waals surface area contributed by atoms with Crippen LogP contribution in [0, 0.1) is 11.3 Å². The molecule has 0 atom stereocenters. The van der Waals surface area contributed by atoms with Crippen LogP contribution in [-0.4, -0.2) is 29.0 Å². The third-order valence-electron chi connectivity index (χ3n) is 4.26. The lowest BCUT2D eigenvalue weighted by Gasteiger charge is -2.06. The molecule has 3 rings (SSSR count). The molecule has 0 spiro atoms. The first-order valence-corrected chi connectivity index (χ1v) is 9.83. The Morgan fingerprint density at radius 2 is 1.97 bits per heavy atom. The van der Waals surface area contributed by atoms with Gasteiger partial charge in [-0.25, -0.2) is 9.48 Å². The monoisotopic (exact) mass is 401 g/mol. The van der Waals surface area contributed by atoms with Crippen LogP contribution in [0.15, 0.2) is 66.4 Å².